The molecule has 1 heterocycles. The Morgan fingerprint density at radius 2 is 2.14 bits per heavy atom. The molecule has 0 spiro atoms. The minimum atomic E-state index is -4.44. The molecule has 7 heteroatoms. The number of benzene rings is 1. The summed E-state index contributed by atoms with van der Waals surface area (Å²) in [6, 6.07) is 4.42. The zero-order valence-corrected chi connectivity index (χ0v) is 11.8. The molecule has 0 aromatic heterocycles. The van der Waals surface area contributed by atoms with E-state index >= 15 is 0 Å². The molecule has 1 aromatic carbocycles. The van der Waals surface area contributed by atoms with Crippen LogP contribution in [0.5, 0.6) is 5.75 Å². The van der Waals surface area contributed by atoms with Crippen molar-refractivity contribution in [1.82, 2.24) is 5.32 Å². The van der Waals surface area contributed by atoms with Crippen molar-refractivity contribution in [2.75, 3.05) is 6.61 Å². The molecule has 1 saturated heterocycles. The van der Waals surface area contributed by atoms with E-state index in [4.69, 9.17) is 4.74 Å². The van der Waals surface area contributed by atoms with Gasteiger partial charge >= 0.3 is 6.18 Å². The fourth-order valence-electron chi connectivity index (χ4n) is 2.23. The average molecular weight is 315 g/mol. The first-order valence-electron chi connectivity index (χ1n) is 6.96. The van der Waals surface area contributed by atoms with Crippen LogP contribution in [-0.2, 0) is 15.8 Å². The number of ether oxygens (including phenoxy) is 1. The van der Waals surface area contributed by atoms with E-state index in [0.717, 1.165) is 12.1 Å². The molecule has 22 heavy (non-hydrogen) atoms. The number of nitrogens with one attached hydrogen (secondary N) is 1. The summed E-state index contributed by atoms with van der Waals surface area (Å²) in [5, 5.41) is 2.75. The second-order valence-corrected chi connectivity index (χ2v) is 5.19. The number of Topliss-reactive ketones (excluding diaryl/α,β-unsaturated/α-hetero) is 1. The van der Waals surface area contributed by atoms with Crippen LogP contribution < -0.4 is 10.1 Å². The first-order valence-corrected chi connectivity index (χ1v) is 6.96. The third-order valence-electron chi connectivity index (χ3n) is 3.42. The van der Waals surface area contributed by atoms with Crippen LogP contribution in [0.25, 0.3) is 0 Å². The van der Waals surface area contributed by atoms with Crippen LogP contribution in [0.3, 0.4) is 0 Å². The lowest BCUT2D eigenvalue weighted by atomic mass is 10.1. The van der Waals surface area contributed by atoms with Gasteiger partial charge in [-0.05, 0) is 31.0 Å². The van der Waals surface area contributed by atoms with Crippen LogP contribution in [0, 0.1) is 0 Å². The average Bonchev–Trinajstić information content (AvgIpc) is 2.88. The lowest BCUT2D eigenvalue weighted by molar-refractivity contribution is -0.137. The van der Waals surface area contributed by atoms with E-state index in [-0.39, 0.29) is 36.5 Å². The Morgan fingerprint density at radius 1 is 1.36 bits per heavy atom. The number of halogens is 3. The molecule has 120 valence electrons. The number of hydrogen-bond donors (Lipinski definition) is 1. The summed E-state index contributed by atoms with van der Waals surface area (Å²) < 4.78 is 42.7. The van der Waals surface area contributed by atoms with Crippen molar-refractivity contribution in [3.05, 3.63) is 29.8 Å². The van der Waals surface area contributed by atoms with E-state index in [9.17, 15) is 22.8 Å². The molecule has 0 saturated carbocycles. The number of hydrogen-bond acceptors (Lipinski definition) is 3. The predicted octanol–water partition coefficient (Wildman–Crippen LogP) is 2.71. The maximum absolute atomic E-state index is 12.5. The van der Waals surface area contributed by atoms with Gasteiger partial charge in [0, 0.05) is 18.9 Å². The van der Waals surface area contributed by atoms with E-state index in [1.54, 1.807) is 0 Å². The number of carbonyl (C=O) groups excluding carboxylic acids is 2. The molecule has 0 radical (unpaired) electrons. The fraction of sp³-hybridized carbons (Fsp3) is 0.467. The lowest BCUT2D eigenvalue weighted by Gasteiger charge is -2.11. The summed E-state index contributed by atoms with van der Waals surface area (Å²) in [5.41, 5.74) is -0.814. The smallest absolute Gasteiger partial charge is 0.416 e. The van der Waals surface area contributed by atoms with Crippen LogP contribution in [0.15, 0.2) is 24.3 Å². The summed E-state index contributed by atoms with van der Waals surface area (Å²) >= 11 is 0. The van der Waals surface area contributed by atoms with Gasteiger partial charge in [0.05, 0.1) is 5.56 Å². The zero-order valence-electron chi connectivity index (χ0n) is 11.8. The molecule has 1 aliphatic heterocycles. The number of amides is 1. The summed E-state index contributed by atoms with van der Waals surface area (Å²) in [6.45, 7) is -0.276. The standard InChI is InChI=1S/C15H16F3NO3/c16-15(17,18)10-2-1-3-13(8-10)22-9-12(20)6-4-11-5-7-14(21)19-11/h1-3,8,11H,4-7,9H2,(H,19,21). The van der Waals surface area contributed by atoms with Gasteiger partial charge in [-0.25, -0.2) is 0 Å². The highest BCUT2D eigenvalue weighted by atomic mass is 19.4. The highest BCUT2D eigenvalue weighted by molar-refractivity contribution is 5.81. The van der Waals surface area contributed by atoms with Crippen molar-refractivity contribution >= 4 is 11.7 Å². The van der Waals surface area contributed by atoms with Crippen LogP contribution in [0.2, 0.25) is 0 Å². The second-order valence-electron chi connectivity index (χ2n) is 5.19. The Kier molecular flexibility index (Phi) is 5.05. The Bertz CT molecular complexity index is 557. The quantitative estimate of drug-likeness (QED) is 0.878. The van der Waals surface area contributed by atoms with Gasteiger partial charge in [0.25, 0.3) is 0 Å². The molecule has 1 aromatic rings. The molecule has 1 N–H and O–H groups in total. The third-order valence-corrected chi connectivity index (χ3v) is 3.42. The molecule has 0 bridgehead atoms. The zero-order chi connectivity index (χ0) is 16.2. The Morgan fingerprint density at radius 3 is 2.77 bits per heavy atom. The highest BCUT2D eigenvalue weighted by Gasteiger charge is 2.30. The van der Waals surface area contributed by atoms with Crippen LogP contribution in [0.4, 0.5) is 13.2 Å². The maximum Gasteiger partial charge on any atom is 0.416 e. The minimum absolute atomic E-state index is 0.00464. The summed E-state index contributed by atoms with van der Waals surface area (Å²) in [7, 11) is 0. The first kappa shape index (κ1) is 16.3. The first-order chi connectivity index (χ1) is 10.3. The predicted molar refractivity (Wildman–Crippen MR) is 72.3 cm³/mol. The summed E-state index contributed by atoms with van der Waals surface area (Å²) in [4.78, 5) is 22.7. The van der Waals surface area contributed by atoms with Crippen molar-refractivity contribution in [3.63, 3.8) is 0 Å². The van der Waals surface area contributed by atoms with Gasteiger partial charge in [0.15, 0.2) is 5.78 Å². The lowest BCUT2D eigenvalue weighted by Crippen LogP contribution is -2.26. The van der Waals surface area contributed by atoms with E-state index in [1.807, 2.05) is 0 Å². The molecule has 0 aliphatic carbocycles. The van der Waals surface area contributed by atoms with Crippen LogP contribution in [0.1, 0.15) is 31.2 Å². The molecule has 1 unspecified atom stereocenters. The van der Waals surface area contributed by atoms with Gasteiger partial charge in [-0.3, -0.25) is 9.59 Å². The minimum Gasteiger partial charge on any atom is -0.486 e. The fourth-order valence-corrected chi connectivity index (χ4v) is 2.23. The van der Waals surface area contributed by atoms with Crippen molar-refractivity contribution < 1.29 is 27.5 Å². The van der Waals surface area contributed by atoms with E-state index in [0.29, 0.717) is 19.3 Å². The Labute approximate surface area is 125 Å². The molecule has 1 aliphatic rings. The Hall–Kier alpha value is -2.05. The monoisotopic (exact) mass is 315 g/mol. The van der Waals surface area contributed by atoms with Crippen molar-refractivity contribution in [1.29, 1.82) is 0 Å². The highest BCUT2D eigenvalue weighted by Crippen LogP contribution is 2.31. The normalized spacial score (nSPS) is 18.1. The molecular weight excluding hydrogens is 299 g/mol. The van der Waals surface area contributed by atoms with Crippen LogP contribution in [-0.4, -0.2) is 24.3 Å². The van der Waals surface area contributed by atoms with Crippen molar-refractivity contribution in [3.8, 4) is 5.75 Å². The Balaban J connectivity index is 1.77. The number of ketones is 1. The number of alkyl halides is 3. The van der Waals surface area contributed by atoms with E-state index in [2.05, 4.69) is 5.32 Å². The van der Waals surface area contributed by atoms with E-state index < -0.39 is 11.7 Å². The van der Waals surface area contributed by atoms with Crippen molar-refractivity contribution in [2.45, 2.75) is 37.9 Å². The molecule has 1 fully saturated rings. The van der Waals surface area contributed by atoms with E-state index in [1.165, 1.54) is 12.1 Å². The van der Waals surface area contributed by atoms with Gasteiger partial charge < -0.3 is 10.1 Å². The van der Waals surface area contributed by atoms with Crippen LogP contribution >= 0.6 is 0 Å². The maximum atomic E-state index is 12.5. The molecule has 2 rings (SSSR count). The molecular formula is C15H16F3NO3. The van der Waals surface area contributed by atoms with Gasteiger partial charge in [0.2, 0.25) is 5.91 Å². The van der Waals surface area contributed by atoms with Gasteiger partial charge in [-0.15, -0.1) is 0 Å². The van der Waals surface area contributed by atoms with Gasteiger partial charge in [-0.1, -0.05) is 6.07 Å². The second kappa shape index (κ2) is 6.81. The number of carbonyl (C=O) groups is 2. The van der Waals surface area contributed by atoms with Crippen molar-refractivity contribution in [2.24, 2.45) is 0 Å². The topological polar surface area (TPSA) is 55.4 Å². The third kappa shape index (κ3) is 4.75. The summed E-state index contributed by atoms with van der Waals surface area (Å²) in [5.74, 6) is -0.214. The molecule has 1 amide bonds. The SMILES string of the molecule is O=C(CCC1CCC(=O)N1)COc1cccc(C(F)(F)F)c1. The number of rotatable bonds is 6. The van der Waals surface area contributed by atoms with Gasteiger partial charge in [-0.2, -0.15) is 13.2 Å². The molecule has 4 nitrogen and oxygen atoms in total. The molecule has 1 atom stereocenters. The largest absolute Gasteiger partial charge is 0.486 e. The summed E-state index contributed by atoms with van der Waals surface area (Å²) in [6.07, 6.45) is -2.51. The van der Waals surface area contributed by atoms with Gasteiger partial charge in [0.1, 0.15) is 12.4 Å².